The summed E-state index contributed by atoms with van der Waals surface area (Å²) in [6.45, 7) is 8.51. The second-order valence-corrected chi connectivity index (χ2v) is 8.52. The van der Waals surface area contributed by atoms with Crippen LogP contribution in [-0.4, -0.2) is 59.5 Å². The Kier molecular flexibility index (Phi) is 6.34. The molecule has 0 spiro atoms. The van der Waals surface area contributed by atoms with Crippen LogP contribution < -0.4 is 9.64 Å². The molecule has 29 heavy (non-hydrogen) atoms. The summed E-state index contributed by atoms with van der Waals surface area (Å²) in [6.07, 6.45) is 2.87. The van der Waals surface area contributed by atoms with E-state index in [1.807, 2.05) is 28.9 Å². The third kappa shape index (κ3) is 4.71. The lowest BCUT2D eigenvalue weighted by atomic mass is 10.2. The summed E-state index contributed by atoms with van der Waals surface area (Å²) in [4.78, 5) is 1.44. The van der Waals surface area contributed by atoms with E-state index in [2.05, 4.69) is 18.4 Å². The molecule has 1 aromatic heterocycles. The number of hydrogen-bond acceptors (Lipinski definition) is 5. The zero-order valence-electron chi connectivity index (χ0n) is 17.5. The summed E-state index contributed by atoms with van der Waals surface area (Å²) < 4.78 is 21.9. The van der Waals surface area contributed by atoms with E-state index in [-0.39, 0.29) is 18.3 Å². The predicted octanol–water partition coefficient (Wildman–Crippen LogP) is 1.92. The van der Waals surface area contributed by atoms with Gasteiger partial charge in [0.05, 0.1) is 19.8 Å². The molecule has 1 aromatic carbocycles. The molecule has 2 aromatic rings. The maximum absolute atomic E-state index is 5.88. The number of quaternary nitrogens is 1. The van der Waals surface area contributed by atoms with Crippen molar-refractivity contribution in [3.8, 4) is 17.1 Å². The quantitative estimate of drug-likeness (QED) is 0.725. The molecule has 8 heteroatoms. The Hall–Kier alpha value is -1.74. The topological polar surface area (TPSA) is 54.9 Å². The van der Waals surface area contributed by atoms with Crippen molar-refractivity contribution in [3.63, 3.8) is 0 Å². The number of hydrogen-bond donors (Lipinski definition) is 1. The highest BCUT2D eigenvalue weighted by Crippen LogP contribution is 2.24. The fourth-order valence-corrected chi connectivity index (χ4v) is 4.65. The van der Waals surface area contributed by atoms with E-state index < -0.39 is 0 Å². The van der Waals surface area contributed by atoms with E-state index in [0.717, 1.165) is 67.7 Å². The van der Waals surface area contributed by atoms with Gasteiger partial charge in [-0.1, -0.05) is 0 Å². The first-order valence-corrected chi connectivity index (χ1v) is 10.9. The SMILES string of the molecule is COc1ccc(-c2nn(C[NH+]3C[C@H](C)O[C@@H](C)C3)c(=S)n2C[C@H]2CCCO2)cc1. The summed E-state index contributed by atoms with van der Waals surface area (Å²) in [6, 6.07) is 8.00. The van der Waals surface area contributed by atoms with E-state index in [4.69, 9.17) is 31.5 Å². The van der Waals surface area contributed by atoms with Crippen LogP contribution in [0.2, 0.25) is 0 Å². The van der Waals surface area contributed by atoms with Gasteiger partial charge >= 0.3 is 0 Å². The summed E-state index contributed by atoms with van der Waals surface area (Å²) in [5.74, 6) is 1.72. The molecule has 7 nitrogen and oxygen atoms in total. The number of rotatable bonds is 6. The van der Waals surface area contributed by atoms with Crippen molar-refractivity contribution in [2.45, 2.75) is 58.2 Å². The summed E-state index contributed by atoms with van der Waals surface area (Å²) in [5, 5.41) is 4.94. The van der Waals surface area contributed by atoms with Crippen LogP contribution in [0.1, 0.15) is 26.7 Å². The molecule has 3 heterocycles. The minimum atomic E-state index is 0.201. The Bertz CT molecular complexity index is 863. The largest absolute Gasteiger partial charge is 0.497 e. The molecule has 0 radical (unpaired) electrons. The molecule has 158 valence electrons. The van der Waals surface area contributed by atoms with Gasteiger partial charge in [0.15, 0.2) is 12.5 Å². The van der Waals surface area contributed by atoms with E-state index in [1.165, 1.54) is 4.90 Å². The van der Waals surface area contributed by atoms with Crippen LogP contribution in [0.15, 0.2) is 24.3 Å². The zero-order valence-corrected chi connectivity index (χ0v) is 18.3. The first kappa shape index (κ1) is 20.5. The van der Waals surface area contributed by atoms with Crippen molar-refractivity contribution in [2.24, 2.45) is 0 Å². The average molecular weight is 420 g/mol. The number of morpholine rings is 1. The lowest BCUT2D eigenvalue weighted by Crippen LogP contribution is -3.14. The number of ether oxygens (including phenoxy) is 3. The molecule has 1 N–H and O–H groups in total. The smallest absolute Gasteiger partial charge is 0.203 e. The van der Waals surface area contributed by atoms with Crippen molar-refractivity contribution in [3.05, 3.63) is 29.0 Å². The number of benzene rings is 1. The van der Waals surface area contributed by atoms with Crippen LogP contribution >= 0.6 is 12.2 Å². The van der Waals surface area contributed by atoms with Gasteiger partial charge in [-0.25, -0.2) is 0 Å². The number of nitrogens with one attached hydrogen (secondary N) is 1. The van der Waals surface area contributed by atoms with Crippen LogP contribution in [0.25, 0.3) is 11.4 Å². The molecule has 0 unspecified atom stereocenters. The first-order chi connectivity index (χ1) is 14.0. The molecular formula is C21H31N4O3S+. The number of methoxy groups -OCH3 is 1. The Morgan fingerprint density at radius 3 is 2.55 bits per heavy atom. The molecule has 0 amide bonds. The van der Waals surface area contributed by atoms with E-state index >= 15 is 0 Å². The first-order valence-electron chi connectivity index (χ1n) is 10.5. The molecule has 0 saturated carbocycles. The number of aromatic nitrogens is 3. The van der Waals surface area contributed by atoms with Crippen LogP contribution in [-0.2, 0) is 22.7 Å². The third-order valence-electron chi connectivity index (χ3n) is 5.67. The van der Waals surface area contributed by atoms with Crippen LogP contribution in [0.5, 0.6) is 5.75 Å². The molecule has 0 aliphatic carbocycles. The highest BCUT2D eigenvalue weighted by atomic mass is 32.1. The fraction of sp³-hybridized carbons (Fsp3) is 0.619. The molecule has 2 aliphatic rings. The summed E-state index contributed by atoms with van der Waals surface area (Å²) >= 11 is 5.86. The fourth-order valence-electron chi connectivity index (χ4n) is 4.38. The standard InChI is InChI=1S/C21H30N4O3S/c1-15-11-23(12-16(2)28-15)14-25-21(29)24(13-19-5-4-10-27-19)20(22-25)17-6-8-18(26-3)9-7-17/h6-9,15-16,19H,4-5,10-14H2,1-3H3/p+1/t15-,16-,19+/m0/s1. The van der Waals surface area contributed by atoms with Gasteiger partial charge < -0.3 is 19.1 Å². The second kappa shape index (κ2) is 8.95. The average Bonchev–Trinajstić information content (AvgIpc) is 3.31. The minimum Gasteiger partial charge on any atom is -0.497 e. The maximum atomic E-state index is 5.88. The normalized spacial score (nSPS) is 27.3. The van der Waals surface area contributed by atoms with E-state index in [1.54, 1.807) is 7.11 Å². The van der Waals surface area contributed by atoms with Crippen LogP contribution in [0.3, 0.4) is 0 Å². The second-order valence-electron chi connectivity index (χ2n) is 8.15. The lowest BCUT2D eigenvalue weighted by Gasteiger charge is -2.32. The number of nitrogens with zero attached hydrogens (tertiary/aromatic N) is 3. The van der Waals surface area contributed by atoms with Gasteiger partial charge in [0.25, 0.3) is 0 Å². The summed E-state index contributed by atoms with van der Waals surface area (Å²) in [7, 11) is 1.68. The Morgan fingerprint density at radius 2 is 1.93 bits per heavy atom. The molecule has 3 atom stereocenters. The van der Waals surface area contributed by atoms with Crippen molar-refractivity contribution in [1.29, 1.82) is 0 Å². The Labute approximate surface area is 177 Å². The van der Waals surface area contributed by atoms with Gasteiger partial charge in [-0.3, -0.25) is 4.57 Å². The predicted molar refractivity (Wildman–Crippen MR) is 113 cm³/mol. The molecule has 2 saturated heterocycles. The molecule has 0 bridgehead atoms. The Balaban J connectivity index is 1.64. The maximum Gasteiger partial charge on any atom is 0.203 e. The van der Waals surface area contributed by atoms with Gasteiger partial charge in [-0.15, -0.1) is 5.10 Å². The highest BCUT2D eigenvalue weighted by Gasteiger charge is 2.27. The van der Waals surface area contributed by atoms with Gasteiger partial charge in [0, 0.05) is 12.2 Å². The van der Waals surface area contributed by atoms with Crippen LogP contribution in [0, 0.1) is 4.77 Å². The van der Waals surface area contributed by atoms with Crippen molar-refractivity contribution >= 4 is 12.2 Å². The van der Waals surface area contributed by atoms with Gasteiger partial charge in [-0.2, -0.15) is 4.68 Å². The van der Waals surface area contributed by atoms with Crippen molar-refractivity contribution in [1.82, 2.24) is 14.3 Å². The highest BCUT2D eigenvalue weighted by molar-refractivity contribution is 7.71. The zero-order chi connectivity index (χ0) is 20.4. The van der Waals surface area contributed by atoms with E-state index in [0.29, 0.717) is 0 Å². The van der Waals surface area contributed by atoms with Gasteiger partial charge in [0.2, 0.25) is 4.77 Å². The molecular weight excluding hydrogens is 388 g/mol. The molecule has 4 rings (SSSR count). The Morgan fingerprint density at radius 1 is 1.21 bits per heavy atom. The van der Waals surface area contributed by atoms with Gasteiger partial charge in [0.1, 0.15) is 31.0 Å². The lowest BCUT2D eigenvalue weighted by molar-refractivity contribution is -0.937. The van der Waals surface area contributed by atoms with E-state index in [9.17, 15) is 0 Å². The minimum absolute atomic E-state index is 0.201. The van der Waals surface area contributed by atoms with Gasteiger partial charge in [-0.05, 0) is 63.2 Å². The molecule has 2 fully saturated rings. The molecule has 2 aliphatic heterocycles. The third-order valence-corrected chi connectivity index (χ3v) is 6.10. The van der Waals surface area contributed by atoms with Crippen molar-refractivity contribution < 1.29 is 19.1 Å². The van der Waals surface area contributed by atoms with Crippen molar-refractivity contribution in [2.75, 3.05) is 26.8 Å². The summed E-state index contributed by atoms with van der Waals surface area (Å²) in [5.41, 5.74) is 1.03. The van der Waals surface area contributed by atoms with Crippen LogP contribution in [0.4, 0.5) is 0 Å². The monoisotopic (exact) mass is 419 g/mol.